The summed E-state index contributed by atoms with van der Waals surface area (Å²) in [6.45, 7) is 6.06. The summed E-state index contributed by atoms with van der Waals surface area (Å²) in [7, 11) is 0. The first-order chi connectivity index (χ1) is 19.1. The highest BCUT2D eigenvalue weighted by atomic mass is 19.1. The molecule has 0 saturated carbocycles. The summed E-state index contributed by atoms with van der Waals surface area (Å²) in [5, 5.41) is 0.608. The maximum atomic E-state index is 16.0. The van der Waals surface area contributed by atoms with Gasteiger partial charge in [0.25, 0.3) is 11.5 Å². The number of nitrogens with one attached hydrogen (secondary N) is 2. The standard InChI is InChI=1S/C31H28F2N4O3/c1-14(2)16-10-11-18-23(12-16)35-28-20(29(34)38)13-22(33)25(26(18)28)17-6-5-9-24(15(17)3)37-30(39)19-7-4-8-21(32)27(19)36-31(37)40/h4-9,13-14,16,35H,10-12H2,1-3H3,(H2,34,38)(H,36,40)/t16-/m1/s1. The van der Waals surface area contributed by atoms with Crippen LogP contribution in [0.4, 0.5) is 8.78 Å². The van der Waals surface area contributed by atoms with Crippen molar-refractivity contribution in [3.63, 3.8) is 0 Å². The Bertz CT molecular complexity index is 1980. The molecule has 0 fully saturated rings. The van der Waals surface area contributed by atoms with Crippen molar-refractivity contribution in [3.05, 3.63) is 97.3 Å². The van der Waals surface area contributed by atoms with Crippen molar-refractivity contribution in [2.75, 3.05) is 0 Å². The SMILES string of the molecule is Cc1c(-c2c(F)cc(C(N)=O)c3[nH]c4c(c23)CC[C@@H](C(C)C)C4)cccc1-n1c(=O)[nH]c2c(F)cccc2c1=O. The van der Waals surface area contributed by atoms with Gasteiger partial charge in [-0.25, -0.2) is 18.1 Å². The fourth-order valence-corrected chi connectivity index (χ4v) is 6.19. The van der Waals surface area contributed by atoms with E-state index < -0.39 is 28.8 Å². The van der Waals surface area contributed by atoms with Crippen LogP contribution >= 0.6 is 0 Å². The molecule has 1 aliphatic carbocycles. The first kappa shape index (κ1) is 25.7. The molecule has 9 heteroatoms. The zero-order chi connectivity index (χ0) is 28.5. The minimum absolute atomic E-state index is 0.0168. The van der Waals surface area contributed by atoms with E-state index in [1.54, 1.807) is 25.1 Å². The molecule has 6 rings (SSSR count). The van der Waals surface area contributed by atoms with Gasteiger partial charge < -0.3 is 15.7 Å². The second-order valence-electron chi connectivity index (χ2n) is 10.9. The van der Waals surface area contributed by atoms with E-state index in [1.165, 1.54) is 18.2 Å². The van der Waals surface area contributed by atoms with E-state index in [2.05, 4.69) is 23.8 Å². The van der Waals surface area contributed by atoms with Crippen molar-refractivity contribution in [1.29, 1.82) is 0 Å². The summed E-state index contributed by atoms with van der Waals surface area (Å²) in [4.78, 5) is 44.6. The third kappa shape index (κ3) is 3.79. The molecule has 1 atom stereocenters. The molecule has 0 saturated heterocycles. The number of amides is 1. The van der Waals surface area contributed by atoms with Crippen LogP contribution in [-0.2, 0) is 12.8 Å². The number of aromatic amines is 2. The molecule has 0 spiro atoms. The number of aryl methyl sites for hydroxylation is 1. The molecule has 0 aliphatic heterocycles. The highest BCUT2D eigenvalue weighted by Gasteiger charge is 2.29. The minimum atomic E-state index is -0.809. The zero-order valence-corrected chi connectivity index (χ0v) is 22.3. The summed E-state index contributed by atoms with van der Waals surface area (Å²) in [5.74, 6) is -1.15. The topological polar surface area (TPSA) is 114 Å². The summed E-state index contributed by atoms with van der Waals surface area (Å²) in [6.07, 6.45) is 2.41. The van der Waals surface area contributed by atoms with Crippen molar-refractivity contribution in [1.82, 2.24) is 14.5 Å². The molecule has 4 N–H and O–H groups in total. The van der Waals surface area contributed by atoms with Crippen LogP contribution in [0.25, 0.3) is 38.6 Å². The Balaban J connectivity index is 1.64. The predicted octanol–water partition coefficient (Wildman–Crippen LogP) is 5.27. The number of carbonyl (C=O) groups is 1. The van der Waals surface area contributed by atoms with Crippen LogP contribution in [0.5, 0.6) is 0 Å². The quantitative estimate of drug-likeness (QED) is 0.287. The lowest BCUT2D eigenvalue weighted by atomic mass is 9.79. The zero-order valence-electron chi connectivity index (χ0n) is 22.3. The van der Waals surface area contributed by atoms with E-state index in [0.29, 0.717) is 40.3 Å². The lowest BCUT2D eigenvalue weighted by molar-refractivity contribution is 0.100. The van der Waals surface area contributed by atoms with Gasteiger partial charge >= 0.3 is 5.69 Å². The number of H-pyrrole nitrogens is 2. The molecule has 7 nitrogen and oxygen atoms in total. The Morgan fingerprint density at radius 3 is 2.52 bits per heavy atom. The molecule has 0 unspecified atom stereocenters. The van der Waals surface area contributed by atoms with Crippen molar-refractivity contribution in [2.24, 2.45) is 17.6 Å². The van der Waals surface area contributed by atoms with Crippen LogP contribution in [0.3, 0.4) is 0 Å². The number of nitrogens with zero attached hydrogens (tertiary/aromatic N) is 1. The lowest BCUT2D eigenvalue weighted by Gasteiger charge is -2.25. The number of nitrogens with two attached hydrogens (primary N) is 1. The van der Waals surface area contributed by atoms with Crippen molar-refractivity contribution < 1.29 is 13.6 Å². The lowest BCUT2D eigenvalue weighted by Crippen LogP contribution is -2.34. The van der Waals surface area contributed by atoms with E-state index in [4.69, 9.17) is 5.73 Å². The van der Waals surface area contributed by atoms with Crippen LogP contribution in [0.1, 0.15) is 47.4 Å². The third-order valence-electron chi connectivity index (χ3n) is 8.36. The first-order valence-electron chi connectivity index (χ1n) is 13.3. The third-order valence-corrected chi connectivity index (χ3v) is 8.36. The van der Waals surface area contributed by atoms with Crippen molar-refractivity contribution in [3.8, 4) is 16.8 Å². The minimum Gasteiger partial charge on any atom is -0.366 e. The van der Waals surface area contributed by atoms with Gasteiger partial charge in [0.1, 0.15) is 11.6 Å². The average Bonchev–Trinajstić information content (AvgIpc) is 3.28. The molecule has 2 aromatic heterocycles. The van der Waals surface area contributed by atoms with Gasteiger partial charge in [0, 0.05) is 16.6 Å². The fraction of sp³-hybridized carbons (Fsp3) is 0.258. The molecular weight excluding hydrogens is 514 g/mol. The van der Waals surface area contributed by atoms with E-state index in [1.807, 2.05) is 0 Å². The number of hydrogen-bond acceptors (Lipinski definition) is 3. The van der Waals surface area contributed by atoms with E-state index in [9.17, 15) is 18.8 Å². The van der Waals surface area contributed by atoms with Crippen LogP contribution in [-0.4, -0.2) is 20.4 Å². The Kier molecular flexibility index (Phi) is 5.98. The number of para-hydroxylation sites is 1. The number of hydrogen-bond donors (Lipinski definition) is 3. The van der Waals surface area contributed by atoms with Gasteiger partial charge in [-0.1, -0.05) is 32.0 Å². The van der Waals surface area contributed by atoms with E-state index >= 15 is 4.39 Å². The number of carbonyl (C=O) groups excluding carboxylic acids is 1. The van der Waals surface area contributed by atoms with Crippen LogP contribution in [0, 0.1) is 30.4 Å². The predicted molar refractivity (Wildman–Crippen MR) is 151 cm³/mol. The van der Waals surface area contributed by atoms with Gasteiger partial charge in [0.2, 0.25) is 0 Å². The van der Waals surface area contributed by atoms with Gasteiger partial charge in [-0.05, 0) is 79.0 Å². The van der Waals surface area contributed by atoms with E-state index in [0.717, 1.165) is 34.7 Å². The molecule has 40 heavy (non-hydrogen) atoms. The van der Waals surface area contributed by atoms with Crippen LogP contribution in [0.2, 0.25) is 0 Å². The van der Waals surface area contributed by atoms with Gasteiger partial charge in [0.05, 0.1) is 27.7 Å². The number of primary amides is 1. The number of rotatable bonds is 4. The van der Waals surface area contributed by atoms with Gasteiger partial charge in [-0.3, -0.25) is 9.59 Å². The highest BCUT2D eigenvalue weighted by Crippen LogP contribution is 2.43. The largest absolute Gasteiger partial charge is 0.366 e. The van der Waals surface area contributed by atoms with Crippen LogP contribution in [0.15, 0.2) is 52.1 Å². The molecule has 3 aromatic carbocycles. The Labute approximate surface area is 227 Å². The molecule has 1 amide bonds. The second kappa shape index (κ2) is 9.29. The Hall–Kier alpha value is -4.53. The van der Waals surface area contributed by atoms with E-state index in [-0.39, 0.29) is 27.7 Å². The molecular formula is C31H28F2N4O3. The molecule has 5 aromatic rings. The number of aromatic nitrogens is 3. The molecule has 1 aliphatic rings. The summed E-state index contributed by atoms with van der Waals surface area (Å²) >= 11 is 0. The monoisotopic (exact) mass is 542 g/mol. The molecule has 204 valence electrons. The second-order valence-corrected chi connectivity index (χ2v) is 10.9. The number of fused-ring (bicyclic) bond motifs is 4. The highest BCUT2D eigenvalue weighted by molar-refractivity contribution is 6.11. The number of halogens is 2. The Morgan fingerprint density at radius 2 is 1.80 bits per heavy atom. The number of benzene rings is 3. The smallest absolute Gasteiger partial charge is 0.333 e. The first-order valence-corrected chi connectivity index (χ1v) is 13.3. The Morgan fingerprint density at radius 1 is 1.05 bits per heavy atom. The molecule has 0 radical (unpaired) electrons. The van der Waals surface area contributed by atoms with Crippen LogP contribution < -0.4 is 17.0 Å². The van der Waals surface area contributed by atoms with Gasteiger partial charge in [-0.2, -0.15) is 0 Å². The van der Waals surface area contributed by atoms with Gasteiger partial charge in [-0.15, -0.1) is 0 Å². The maximum Gasteiger partial charge on any atom is 0.333 e. The normalized spacial score (nSPS) is 15.2. The molecule has 0 bridgehead atoms. The summed E-state index contributed by atoms with van der Waals surface area (Å²) < 4.78 is 31.2. The molecule has 2 heterocycles. The van der Waals surface area contributed by atoms with Crippen molar-refractivity contribution >= 4 is 27.7 Å². The fourth-order valence-electron chi connectivity index (χ4n) is 6.19. The maximum absolute atomic E-state index is 16.0. The summed E-state index contributed by atoms with van der Waals surface area (Å²) in [6, 6.07) is 10.1. The summed E-state index contributed by atoms with van der Waals surface area (Å²) in [5.41, 5.74) is 7.93. The average molecular weight is 543 g/mol. The van der Waals surface area contributed by atoms with Gasteiger partial charge in [0.15, 0.2) is 0 Å². The van der Waals surface area contributed by atoms with Crippen molar-refractivity contribution in [2.45, 2.75) is 40.0 Å².